The molecule has 0 fully saturated rings. The molecule has 0 aliphatic carbocycles. The highest BCUT2D eigenvalue weighted by molar-refractivity contribution is 7.07. The fraction of sp³-hybridized carbons (Fsp3) is 0.278. The summed E-state index contributed by atoms with van der Waals surface area (Å²) in [6, 6.07) is 1.86. The summed E-state index contributed by atoms with van der Waals surface area (Å²) in [6.45, 7) is 3.18. The van der Waals surface area contributed by atoms with Gasteiger partial charge in [0.1, 0.15) is 24.3 Å². The maximum atomic E-state index is 12.9. The van der Waals surface area contributed by atoms with Crippen LogP contribution in [0.1, 0.15) is 24.5 Å². The van der Waals surface area contributed by atoms with Crippen LogP contribution in [0.4, 0.5) is 11.6 Å². The van der Waals surface area contributed by atoms with Gasteiger partial charge in [-0.25, -0.2) is 9.78 Å². The summed E-state index contributed by atoms with van der Waals surface area (Å²) >= 11 is 1.11. The van der Waals surface area contributed by atoms with Crippen molar-refractivity contribution in [1.82, 2.24) is 28.7 Å². The zero-order valence-electron chi connectivity index (χ0n) is 17.0. The SMILES string of the molecule is C/C=C\C(=O)OCCCn1c(O)c(C#N)c(C)c(N=Nc2ncn(-c3ncns3)n2)c1=O. The molecule has 0 aliphatic rings. The molecule has 3 aromatic heterocycles. The second-order valence-corrected chi connectivity index (χ2v) is 6.93. The average molecular weight is 455 g/mol. The lowest BCUT2D eigenvalue weighted by Crippen LogP contribution is -2.22. The molecule has 1 N–H and O–H groups in total. The van der Waals surface area contributed by atoms with Crippen molar-refractivity contribution in [2.45, 2.75) is 26.8 Å². The number of pyridine rings is 1. The number of ether oxygens (including phenoxy) is 1. The highest BCUT2D eigenvalue weighted by Crippen LogP contribution is 2.26. The van der Waals surface area contributed by atoms with Gasteiger partial charge in [-0.1, -0.05) is 6.08 Å². The molecule has 3 rings (SSSR count). The van der Waals surface area contributed by atoms with Crippen molar-refractivity contribution in [2.24, 2.45) is 10.2 Å². The maximum Gasteiger partial charge on any atom is 0.330 e. The Bertz CT molecular complexity index is 1270. The van der Waals surface area contributed by atoms with E-state index in [1.54, 1.807) is 13.0 Å². The zero-order valence-corrected chi connectivity index (χ0v) is 17.9. The van der Waals surface area contributed by atoms with E-state index in [1.165, 1.54) is 30.3 Å². The summed E-state index contributed by atoms with van der Waals surface area (Å²) < 4.78 is 11.2. The second-order valence-electron chi connectivity index (χ2n) is 6.17. The molecule has 0 aromatic carbocycles. The Balaban J connectivity index is 1.85. The predicted molar refractivity (Wildman–Crippen MR) is 111 cm³/mol. The van der Waals surface area contributed by atoms with Crippen LogP contribution in [0.2, 0.25) is 0 Å². The Morgan fingerprint density at radius 2 is 2.22 bits per heavy atom. The number of carbonyl (C=O) groups excluding carboxylic acids is 1. The van der Waals surface area contributed by atoms with Crippen LogP contribution in [0.15, 0.2) is 39.8 Å². The van der Waals surface area contributed by atoms with Gasteiger partial charge in [0.2, 0.25) is 11.0 Å². The van der Waals surface area contributed by atoms with E-state index in [0.29, 0.717) is 5.13 Å². The Kier molecular flexibility index (Phi) is 7.13. The van der Waals surface area contributed by atoms with Crippen molar-refractivity contribution < 1.29 is 14.6 Å². The first-order chi connectivity index (χ1) is 15.5. The van der Waals surface area contributed by atoms with Gasteiger partial charge in [-0.05, 0) is 20.3 Å². The van der Waals surface area contributed by atoms with Gasteiger partial charge in [-0.2, -0.15) is 19.3 Å². The lowest BCUT2D eigenvalue weighted by Gasteiger charge is -2.12. The van der Waals surface area contributed by atoms with Gasteiger partial charge in [0.15, 0.2) is 5.69 Å². The number of allylic oxidation sites excluding steroid dienone is 1. The van der Waals surface area contributed by atoms with E-state index in [4.69, 9.17) is 4.74 Å². The molecule has 3 heterocycles. The standard InChI is InChI=1S/C18H17N9O4S/c1-3-5-13(28)31-7-4-6-26-15(29)12(8-19)11(2)14(16(26)30)23-24-17-21-10-27(25-17)18-20-9-22-32-18/h3,5,9-10,29H,4,6-7H2,1-2H3/b5-3-,24-23?. The zero-order chi connectivity index (χ0) is 23.1. The smallest absolute Gasteiger partial charge is 0.330 e. The molecule has 0 saturated heterocycles. The number of hydrogen-bond donors (Lipinski definition) is 1. The monoisotopic (exact) mass is 455 g/mol. The molecule has 14 heteroatoms. The van der Waals surface area contributed by atoms with Crippen LogP contribution in [0.5, 0.6) is 5.88 Å². The first-order valence-corrected chi connectivity index (χ1v) is 10.00. The molecule has 0 saturated carbocycles. The molecule has 0 atom stereocenters. The van der Waals surface area contributed by atoms with Gasteiger partial charge in [0.25, 0.3) is 11.5 Å². The van der Waals surface area contributed by atoms with Crippen LogP contribution in [-0.4, -0.2) is 46.4 Å². The molecule has 32 heavy (non-hydrogen) atoms. The molecule has 0 amide bonds. The molecule has 0 bridgehead atoms. The Labute approximate surface area is 185 Å². The minimum atomic E-state index is -0.661. The van der Waals surface area contributed by atoms with Gasteiger partial charge in [-0.3, -0.25) is 9.36 Å². The largest absolute Gasteiger partial charge is 0.493 e. The molecule has 0 aliphatic heterocycles. The van der Waals surface area contributed by atoms with Crippen molar-refractivity contribution in [3.05, 3.63) is 46.3 Å². The van der Waals surface area contributed by atoms with Crippen LogP contribution >= 0.6 is 11.5 Å². The predicted octanol–water partition coefficient (Wildman–Crippen LogP) is 2.09. The number of carbonyl (C=O) groups is 1. The van der Waals surface area contributed by atoms with Crippen LogP contribution in [-0.2, 0) is 16.1 Å². The number of esters is 1. The lowest BCUT2D eigenvalue weighted by atomic mass is 10.1. The quantitative estimate of drug-likeness (QED) is 0.231. The highest BCUT2D eigenvalue weighted by Gasteiger charge is 2.19. The van der Waals surface area contributed by atoms with Crippen molar-refractivity contribution in [1.29, 1.82) is 5.26 Å². The third-order valence-corrected chi connectivity index (χ3v) is 4.76. The fourth-order valence-electron chi connectivity index (χ4n) is 2.60. The van der Waals surface area contributed by atoms with Crippen molar-refractivity contribution in [3.63, 3.8) is 0 Å². The lowest BCUT2D eigenvalue weighted by molar-refractivity contribution is -0.137. The van der Waals surface area contributed by atoms with Crippen LogP contribution in [0, 0.1) is 18.3 Å². The average Bonchev–Trinajstić information content (AvgIpc) is 3.45. The number of rotatable bonds is 8. The number of nitriles is 1. The summed E-state index contributed by atoms with van der Waals surface area (Å²) in [5, 5.41) is 32.1. The normalized spacial score (nSPS) is 11.3. The number of aromatic hydroxyl groups is 1. The number of azo groups is 1. The highest BCUT2D eigenvalue weighted by atomic mass is 32.1. The first-order valence-electron chi connectivity index (χ1n) is 9.22. The fourth-order valence-corrected chi connectivity index (χ4v) is 3.05. The van der Waals surface area contributed by atoms with Crippen LogP contribution in [0.25, 0.3) is 5.13 Å². The van der Waals surface area contributed by atoms with Crippen molar-refractivity contribution in [3.8, 4) is 17.1 Å². The molecule has 13 nitrogen and oxygen atoms in total. The van der Waals surface area contributed by atoms with Crippen LogP contribution < -0.4 is 5.56 Å². The Morgan fingerprint density at radius 3 is 2.91 bits per heavy atom. The number of hydrogen-bond acceptors (Lipinski definition) is 12. The molecule has 0 spiro atoms. The van der Waals surface area contributed by atoms with E-state index < -0.39 is 17.4 Å². The number of aromatic nitrogens is 6. The molecule has 3 aromatic rings. The minimum absolute atomic E-state index is 0.00477. The topological polar surface area (TPSA) is 174 Å². The third-order valence-electron chi connectivity index (χ3n) is 4.11. The molecular formula is C18H17N9O4S. The Morgan fingerprint density at radius 1 is 1.41 bits per heavy atom. The van der Waals surface area contributed by atoms with Gasteiger partial charge in [-0.15, -0.1) is 15.3 Å². The minimum Gasteiger partial charge on any atom is -0.493 e. The van der Waals surface area contributed by atoms with Crippen molar-refractivity contribution >= 4 is 29.1 Å². The van der Waals surface area contributed by atoms with E-state index in [9.17, 15) is 20.0 Å². The van der Waals surface area contributed by atoms with Gasteiger partial charge in [0, 0.05) is 29.7 Å². The van der Waals surface area contributed by atoms with E-state index >= 15 is 0 Å². The number of nitrogens with zero attached hydrogens (tertiary/aromatic N) is 9. The van der Waals surface area contributed by atoms with Crippen molar-refractivity contribution in [2.75, 3.05) is 6.61 Å². The van der Waals surface area contributed by atoms with Gasteiger partial charge < -0.3 is 9.84 Å². The van der Waals surface area contributed by atoms with Crippen LogP contribution in [0.3, 0.4) is 0 Å². The third kappa shape index (κ3) is 4.90. The van der Waals surface area contributed by atoms with E-state index in [2.05, 4.69) is 29.7 Å². The van der Waals surface area contributed by atoms with Gasteiger partial charge >= 0.3 is 5.97 Å². The molecule has 164 valence electrons. The molecular weight excluding hydrogens is 438 g/mol. The van der Waals surface area contributed by atoms with E-state index in [-0.39, 0.29) is 42.3 Å². The Hall–Kier alpha value is -4.25. The first kappa shape index (κ1) is 22.4. The summed E-state index contributed by atoms with van der Waals surface area (Å²) in [7, 11) is 0. The molecule has 0 unspecified atom stereocenters. The summed E-state index contributed by atoms with van der Waals surface area (Å²) in [5.74, 6) is -1.04. The van der Waals surface area contributed by atoms with E-state index in [1.807, 2.05) is 6.07 Å². The van der Waals surface area contributed by atoms with Gasteiger partial charge in [0.05, 0.1) is 6.61 Å². The van der Waals surface area contributed by atoms with E-state index in [0.717, 1.165) is 16.1 Å². The summed E-state index contributed by atoms with van der Waals surface area (Å²) in [6.07, 6.45) is 5.78. The summed E-state index contributed by atoms with van der Waals surface area (Å²) in [4.78, 5) is 32.2. The maximum absolute atomic E-state index is 12.9. The summed E-state index contributed by atoms with van der Waals surface area (Å²) in [5.41, 5.74) is -0.751. The second kappa shape index (κ2) is 10.2. The molecule has 0 radical (unpaired) electrons.